The van der Waals surface area contributed by atoms with E-state index in [9.17, 15) is 65.7 Å². The third-order valence-corrected chi connectivity index (χ3v) is 7.87. The van der Waals surface area contributed by atoms with E-state index in [1.54, 1.807) is 0 Å². The van der Waals surface area contributed by atoms with E-state index in [-0.39, 0.29) is 13.1 Å². The fourth-order valence-electron chi connectivity index (χ4n) is 5.20. The number of nitrogens with zero attached hydrogens (tertiary/aromatic N) is 6. The van der Waals surface area contributed by atoms with E-state index in [2.05, 4.69) is 0 Å². The number of hydrogen-bond acceptors (Lipinski definition) is 8. The van der Waals surface area contributed by atoms with Crippen molar-refractivity contribution in [3.63, 3.8) is 0 Å². The fraction of sp³-hybridized carbons (Fsp3) is 0.357. The topological polar surface area (TPSA) is 168 Å². The van der Waals surface area contributed by atoms with Crippen LogP contribution in [0, 0.1) is 20.2 Å². The van der Waals surface area contributed by atoms with Crippen LogP contribution in [0.4, 0.5) is 58.7 Å². The third kappa shape index (κ3) is 5.88. The number of anilines is 2. The maximum atomic E-state index is 13.5. The standard InChI is InChI=1S/C28H24F6N6O8/c1-25(2)21(41)37(15-7-9-19(39(45)46)17(13-15)27(29,30)31)23(43)35(25)11-5-6-12-36-24(44)38(22(42)26(36,3)4)16-8-10-20(40(47)48)18(14-16)28(32,33)34/h5-10,13-14H,11-12H2,1-4H3. The second-order valence-corrected chi connectivity index (χ2v) is 11.6. The molecule has 2 aliphatic rings. The number of alkyl halides is 6. The Morgan fingerprint density at radius 3 is 1.23 bits per heavy atom. The van der Waals surface area contributed by atoms with Crippen LogP contribution in [0.3, 0.4) is 0 Å². The van der Waals surface area contributed by atoms with Crippen molar-refractivity contribution in [2.75, 3.05) is 22.9 Å². The molecule has 2 aliphatic heterocycles. The molecule has 4 rings (SSSR count). The minimum absolute atomic E-state index is 0.315. The molecule has 0 radical (unpaired) electrons. The SMILES string of the molecule is CC1(C)C(=O)N(c2ccc([N+](=O)[O-])c(C(F)(F)F)c2)C(=O)N1CC=CCN1C(=O)N(c2ccc([N+](=O)[O-])c(C(F)(F)F)c2)C(=O)C1(C)C. The molecule has 20 heteroatoms. The maximum Gasteiger partial charge on any atom is 0.423 e. The average Bonchev–Trinajstić information content (AvgIpc) is 3.24. The number of carbonyl (C=O) groups is 4. The summed E-state index contributed by atoms with van der Waals surface area (Å²) in [5.41, 5.74) is -10.3. The van der Waals surface area contributed by atoms with Crippen molar-refractivity contribution in [1.29, 1.82) is 0 Å². The second kappa shape index (κ2) is 11.6. The molecule has 0 aliphatic carbocycles. The Morgan fingerprint density at radius 2 is 0.958 bits per heavy atom. The van der Waals surface area contributed by atoms with Gasteiger partial charge in [-0.2, -0.15) is 26.3 Å². The van der Waals surface area contributed by atoms with Crippen LogP contribution in [0.5, 0.6) is 0 Å². The van der Waals surface area contributed by atoms with Crippen LogP contribution in [-0.2, 0) is 21.9 Å². The molecular weight excluding hydrogens is 662 g/mol. The van der Waals surface area contributed by atoms with E-state index in [0.717, 1.165) is 21.9 Å². The predicted molar refractivity (Wildman–Crippen MR) is 153 cm³/mol. The number of benzene rings is 2. The van der Waals surface area contributed by atoms with Crippen LogP contribution < -0.4 is 9.80 Å². The summed E-state index contributed by atoms with van der Waals surface area (Å²) >= 11 is 0. The van der Waals surface area contributed by atoms with Gasteiger partial charge >= 0.3 is 24.4 Å². The number of imide groups is 2. The minimum atomic E-state index is -5.18. The van der Waals surface area contributed by atoms with E-state index >= 15 is 0 Å². The van der Waals surface area contributed by atoms with Crippen molar-refractivity contribution >= 4 is 46.6 Å². The van der Waals surface area contributed by atoms with Crippen LogP contribution >= 0.6 is 0 Å². The molecule has 0 saturated carbocycles. The van der Waals surface area contributed by atoms with Gasteiger partial charge in [-0.15, -0.1) is 0 Å². The number of hydrogen-bond donors (Lipinski definition) is 0. The molecule has 48 heavy (non-hydrogen) atoms. The van der Waals surface area contributed by atoms with Crippen LogP contribution in [0.25, 0.3) is 0 Å². The zero-order valence-corrected chi connectivity index (χ0v) is 25.3. The number of rotatable bonds is 8. The molecule has 0 unspecified atom stereocenters. The van der Waals surface area contributed by atoms with Crippen molar-refractivity contribution in [3.8, 4) is 0 Å². The number of carbonyl (C=O) groups excluding carboxylic acids is 4. The number of halogens is 6. The molecule has 0 bridgehead atoms. The molecule has 2 fully saturated rings. The Bertz CT molecular complexity index is 1660. The molecular formula is C28H24F6N6O8. The summed E-state index contributed by atoms with van der Waals surface area (Å²) in [4.78, 5) is 75.4. The Hall–Kier alpha value is -5.56. The number of urea groups is 2. The summed E-state index contributed by atoms with van der Waals surface area (Å²) < 4.78 is 81.2. The highest BCUT2D eigenvalue weighted by Gasteiger charge is 2.53. The quantitative estimate of drug-likeness (QED) is 0.109. The smallest absolute Gasteiger partial charge is 0.306 e. The van der Waals surface area contributed by atoms with Gasteiger partial charge in [0, 0.05) is 25.2 Å². The van der Waals surface area contributed by atoms with Gasteiger partial charge < -0.3 is 9.80 Å². The number of nitro groups is 2. The zero-order chi connectivity index (χ0) is 36.3. The van der Waals surface area contributed by atoms with E-state index in [4.69, 9.17) is 0 Å². The lowest BCUT2D eigenvalue weighted by Crippen LogP contribution is -2.45. The van der Waals surface area contributed by atoms with Gasteiger partial charge in [-0.3, -0.25) is 29.8 Å². The monoisotopic (exact) mass is 686 g/mol. The molecule has 256 valence electrons. The molecule has 0 atom stereocenters. The first-order valence-electron chi connectivity index (χ1n) is 13.6. The summed E-state index contributed by atoms with van der Waals surface area (Å²) in [7, 11) is 0. The molecule has 0 spiro atoms. The predicted octanol–water partition coefficient (Wildman–Crippen LogP) is 5.89. The van der Waals surface area contributed by atoms with Crippen LogP contribution in [0.2, 0.25) is 0 Å². The highest BCUT2D eigenvalue weighted by molar-refractivity contribution is 6.24. The molecule has 2 heterocycles. The highest BCUT2D eigenvalue weighted by Crippen LogP contribution is 2.42. The molecule has 0 N–H and O–H groups in total. The maximum absolute atomic E-state index is 13.5. The van der Waals surface area contributed by atoms with Crippen molar-refractivity contribution in [3.05, 3.63) is 79.9 Å². The molecule has 14 nitrogen and oxygen atoms in total. The third-order valence-electron chi connectivity index (χ3n) is 7.87. The number of nitro benzene ring substituents is 2. The average molecular weight is 687 g/mol. The Morgan fingerprint density at radius 1 is 0.646 bits per heavy atom. The summed E-state index contributed by atoms with van der Waals surface area (Å²) in [5, 5.41) is 22.2. The molecule has 2 saturated heterocycles. The van der Waals surface area contributed by atoms with E-state index in [0.29, 0.717) is 34.1 Å². The van der Waals surface area contributed by atoms with Crippen LogP contribution in [0.1, 0.15) is 38.8 Å². The largest absolute Gasteiger partial charge is 0.423 e. The van der Waals surface area contributed by atoms with Gasteiger partial charge in [0.15, 0.2) is 0 Å². The first-order valence-corrected chi connectivity index (χ1v) is 13.6. The van der Waals surface area contributed by atoms with Gasteiger partial charge in [-0.05, 0) is 52.0 Å². The minimum Gasteiger partial charge on any atom is -0.306 e. The summed E-state index contributed by atoms with van der Waals surface area (Å²) in [6.45, 7) is 4.54. The van der Waals surface area contributed by atoms with Gasteiger partial charge in [-0.25, -0.2) is 19.4 Å². The summed E-state index contributed by atoms with van der Waals surface area (Å²) in [6.07, 6.45) is -7.76. The van der Waals surface area contributed by atoms with Gasteiger partial charge in [-0.1, -0.05) is 12.2 Å². The second-order valence-electron chi connectivity index (χ2n) is 11.6. The Labute approximate surface area is 266 Å². The molecule has 2 aromatic carbocycles. The lowest BCUT2D eigenvalue weighted by molar-refractivity contribution is -0.388. The summed E-state index contributed by atoms with van der Waals surface area (Å²) in [5.74, 6) is -1.89. The van der Waals surface area contributed by atoms with E-state index in [1.165, 1.54) is 39.8 Å². The molecule has 6 amide bonds. The van der Waals surface area contributed by atoms with Crippen LogP contribution in [-0.4, -0.2) is 67.7 Å². The van der Waals surface area contributed by atoms with Gasteiger partial charge in [0.05, 0.1) is 21.2 Å². The normalized spacial score (nSPS) is 18.1. The van der Waals surface area contributed by atoms with Crippen molar-refractivity contribution in [2.24, 2.45) is 0 Å². The van der Waals surface area contributed by atoms with Crippen molar-refractivity contribution in [2.45, 2.75) is 51.1 Å². The van der Waals surface area contributed by atoms with Gasteiger partial charge in [0.1, 0.15) is 22.2 Å². The lowest BCUT2D eigenvalue weighted by atomic mass is 10.0. The first kappa shape index (κ1) is 35.3. The first-order chi connectivity index (χ1) is 21.9. The summed E-state index contributed by atoms with van der Waals surface area (Å²) in [6, 6.07) is 1.20. The van der Waals surface area contributed by atoms with Gasteiger partial charge in [0.2, 0.25) is 0 Å². The highest BCUT2D eigenvalue weighted by atomic mass is 19.4. The van der Waals surface area contributed by atoms with Crippen LogP contribution in [0.15, 0.2) is 48.6 Å². The molecule has 0 aromatic heterocycles. The van der Waals surface area contributed by atoms with Gasteiger partial charge in [0.25, 0.3) is 23.2 Å². The Balaban J connectivity index is 1.56. The van der Waals surface area contributed by atoms with Crippen molar-refractivity contribution in [1.82, 2.24) is 9.80 Å². The van der Waals surface area contributed by atoms with E-state index < -0.39 is 91.0 Å². The zero-order valence-electron chi connectivity index (χ0n) is 25.3. The molecule has 2 aromatic rings. The van der Waals surface area contributed by atoms with Crippen molar-refractivity contribution < 1.29 is 55.4 Å². The number of amides is 6. The Kier molecular flexibility index (Phi) is 8.53. The fourth-order valence-corrected chi connectivity index (χ4v) is 5.20. The lowest BCUT2D eigenvalue weighted by Gasteiger charge is -2.27. The van der Waals surface area contributed by atoms with E-state index in [1.807, 2.05) is 0 Å².